The second-order valence-electron chi connectivity index (χ2n) is 4.43. The molecule has 1 aromatic rings. The van der Waals surface area contributed by atoms with E-state index in [1.165, 1.54) is 29.9 Å². The van der Waals surface area contributed by atoms with Crippen LogP contribution < -0.4 is 10.1 Å². The van der Waals surface area contributed by atoms with Crippen LogP contribution in [0.1, 0.15) is 18.4 Å². The maximum absolute atomic E-state index is 5.36. The Labute approximate surface area is 108 Å². The first-order valence-corrected chi connectivity index (χ1v) is 7.48. The molecule has 0 saturated carbocycles. The fraction of sp³-hybridized carbons (Fsp3) is 0.571. The van der Waals surface area contributed by atoms with Crippen molar-refractivity contribution in [1.29, 1.82) is 0 Å². The van der Waals surface area contributed by atoms with Gasteiger partial charge in [0.15, 0.2) is 0 Å². The molecule has 1 aliphatic heterocycles. The molecular formula is C14H21NOS. The summed E-state index contributed by atoms with van der Waals surface area (Å²) in [7, 11) is 1.74. The fourth-order valence-electron chi connectivity index (χ4n) is 2.22. The summed E-state index contributed by atoms with van der Waals surface area (Å²) in [6, 6.07) is 8.99. The van der Waals surface area contributed by atoms with Gasteiger partial charge in [0.05, 0.1) is 7.11 Å². The predicted molar refractivity (Wildman–Crippen MR) is 75.0 cm³/mol. The zero-order valence-electron chi connectivity index (χ0n) is 10.4. The Morgan fingerprint density at radius 3 is 3.06 bits per heavy atom. The van der Waals surface area contributed by atoms with E-state index in [9.17, 15) is 0 Å². The van der Waals surface area contributed by atoms with Crippen molar-refractivity contribution in [2.75, 3.05) is 25.2 Å². The lowest BCUT2D eigenvalue weighted by atomic mass is 10.1. The summed E-state index contributed by atoms with van der Waals surface area (Å²) in [5, 5.41) is 3.64. The van der Waals surface area contributed by atoms with Gasteiger partial charge >= 0.3 is 0 Å². The smallest absolute Gasteiger partial charge is 0.122 e. The summed E-state index contributed by atoms with van der Waals surface area (Å²) in [5.41, 5.74) is 1.30. The summed E-state index contributed by atoms with van der Waals surface area (Å²) < 4.78 is 5.36. The molecule has 0 aliphatic carbocycles. The molecule has 0 spiro atoms. The highest BCUT2D eigenvalue weighted by molar-refractivity contribution is 7.99. The first-order valence-electron chi connectivity index (χ1n) is 6.33. The summed E-state index contributed by atoms with van der Waals surface area (Å²) in [5.74, 6) is 3.61. The van der Waals surface area contributed by atoms with Crippen LogP contribution in [0.15, 0.2) is 24.3 Å². The van der Waals surface area contributed by atoms with Gasteiger partial charge in [-0.25, -0.2) is 0 Å². The van der Waals surface area contributed by atoms with Gasteiger partial charge in [0, 0.05) is 11.8 Å². The maximum Gasteiger partial charge on any atom is 0.122 e. The molecule has 94 valence electrons. The topological polar surface area (TPSA) is 21.3 Å². The minimum Gasteiger partial charge on any atom is -0.496 e. The quantitative estimate of drug-likeness (QED) is 0.869. The lowest BCUT2D eigenvalue weighted by Gasteiger charge is -2.22. The van der Waals surface area contributed by atoms with E-state index in [0.29, 0.717) is 6.04 Å². The Morgan fingerprint density at radius 1 is 1.41 bits per heavy atom. The number of hydrogen-bond donors (Lipinski definition) is 1. The summed E-state index contributed by atoms with van der Waals surface area (Å²) in [6.07, 6.45) is 3.74. The van der Waals surface area contributed by atoms with Gasteiger partial charge < -0.3 is 10.1 Å². The van der Waals surface area contributed by atoms with E-state index < -0.39 is 0 Å². The summed E-state index contributed by atoms with van der Waals surface area (Å²) >= 11 is 2.07. The number of benzene rings is 1. The summed E-state index contributed by atoms with van der Waals surface area (Å²) in [4.78, 5) is 0. The number of methoxy groups -OCH3 is 1. The second kappa shape index (κ2) is 6.92. The second-order valence-corrected chi connectivity index (χ2v) is 5.58. The van der Waals surface area contributed by atoms with Gasteiger partial charge in [-0.15, -0.1) is 0 Å². The van der Waals surface area contributed by atoms with Crippen molar-refractivity contribution in [3.63, 3.8) is 0 Å². The van der Waals surface area contributed by atoms with Crippen LogP contribution in [0.4, 0.5) is 0 Å². The van der Waals surface area contributed by atoms with E-state index in [2.05, 4.69) is 29.2 Å². The van der Waals surface area contributed by atoms with Gasteiger partial charge in [-0.1, -0.05) is 18.2 Å². The predicted octanol–water partition coefficient (Wildman–Crippen LogP) is 2.72. The van der Waals surface area contributed by atoms with Crippen molar-refractivity contribution in [2.45, 2.75) is 25.3 Å². The molecule has 1 aromatic carbocycles. The molecule has 3 heteroatoms. The number of hydrogen-bond acceptors (Lipinski definition) is 3. The Kier molecular flexibility index (Phi) is 5.20. The lowest BCUT2D eigenvalue weighted by molar-refractivity contribution is 0.408. The van der Waals surface area contributed by atoms with Gasteiger partial charge in [-0.05, 0) is 43.2 Å². The number of para-hydroxylation sites is 1. The third-order valence-corrected chi connectivity index (χ3v) is 4.40. The molecule has 0 bridgehead atoms. The molecule has 0 aromatic heterocycles. The van der Waals surface area contributed by atoms with Crippen LogP contribution in [-0.4, -0.2) is 31.2 Å². The molecule has 1 unspecified atom stereocenters. The van der Waals surface area contributed by atoms with E-state index >= 15 is 0 Å². The molecular weight excluding hydrogens is 230 g/mol. The molecule has 1 atom stereocenters. The van der Waals surface area contributed by atoms with Gasteiger partial charge in [0.1, 0.15) is 5.75 Å². The molecule has 2 rings (SSSR count). The minimum absolute atomic E-state index is 0.712. The normalized spacial score (nSPS) is 20.2. The standard InChI is InChI=1S/C14H21NOS/c1-16-14-7-3-2-5-12(14)8-9-15-13-6-4-10-17-11-13/h2-3,5,7,13,15H,4,6,8-11H2,1H3. The average molecular weight is 251 g/mol. The van der Waals surface area contributed by atoms with Gasteiger partial charge in [0.2, 0.25) is 0 Å². The maximum atomic E-state index is 5.36. The van der Waals surface area contributed by atoms with Crippen LogP contribution in [0.5, 0.6) is 5.75 Å². The largest absolute Gasteiger partial charge is 0.496 e. The highest BCUT2D eigenvalue weighted by Gasteiger charge is 2.12. The van der Waals surface area contributed by atoms with Gasteiger partial charge in [-0.3, -0.25) is 0 Å². The molecule has 1 N–H and O–H groups in total. The Bertz CT molecular complexity index is 337. The van der Waals surface area contributed by atoms with Crippen molar-refractivity contribution in [1.82, 2.24) is 5.32 Å². The Hall–Kier alpha value is -0.670. The van der Waals surface area contributed by atoms with Crippen LogP contribution in [0.2, 0.25) is 0 Å². The van der Waals surface area contributed by atoms with Crippen LogP contribution in [-0.2, 0) is 6.42 Å². The highest BCUT2D eigenvalue weighted by atomic mass is 32.2. The zero-order chi connectivity index (χ0) is 11.9. The van der Waals surface area contributed by atoms with Crippen LogP contribution in [0.25, 0.3) is 0 Å². The number of thioether (sulfide) groups is 1. The first-order chi connectivity index (χ1) is 8.40. The summed E-state index contributed by atoms with van der Waals surface area (Å²) in [6.45, 7) is 1.05. The zero-order valence-corrected chi connectivity index (χ0v) is 11.3. The van der Waals surface area contributed by atoms with Crippen LogP contribution in [0, 0.1) is 0 Å². The number of ether oxygens (including phenoxy) is 1. The third-order valence-electron chi connectivity index (χ3n) is 3.18. The van der Waals surface area contributed by atoms with Crippen molar-refractivity contribution >= 4 is 11.8 Å². The minimum atomic E-state index is 0.712. The molecule has 1 heterocycles. The fourth-order valence-corrected chi connectivity index (χ4v) is 3.33. The Morgan fingerprint density at radius 2 is 2.29 bits per heavy atom. The molecule has 1 saturated heterocycles. The van der Waals surface area contributed by atoms with E-state index in [1.807, 2.05) is 12.1 Å². The third kappa shape index (κ3) is 3.93. The lowest BCUT2D eigenvalue weighted by Crippen LogP contribution is -2.35. The van der Waals surface area contributed by atoms with Crippen molar-refractivity contribution in [3.05, 3.63) is 29.8 Å². The van der Waals surface area contributed by atoms with Crippen molar-refractivity contribution in [2.24, 2.45) is 0 Å². The molecule has 1 aliphatic rings. The number of nitrogens with one attached hydrogen (secondary N) is 1. The molecule has 0 radical (unpaired) electrons. The highest BCUT2D eigenvalue weighted by Crippen LogP contribution is 2.19. The van der Waals surface area contributed by atoms with E-state index in [4.69, 9.17) is 4.74 Å². The molecule has 2 nitrogen and oxygen atoms in total. The van der Waals surface area contributed by atoms with E-state index in [-0.39, 0.29) is 0 Å². The number of rotatable bonds is 5. The first kappa shape index (κ1) is 12.8. The van der Waals surface area contributed by atoms with E-state index in [1.54, 1.807) is 7.11 Å². The average Bonchev–Trinajstić information content (AvgIpc) is 2.40. The van der Waals surface area contributed by atoms with Crippen LogP contribution in [0.3, 0.4) is 0 Å². The molecule has 1 fully saturated rings. The molecule has 0 amide bonds. The monoisotopic (exact) mass is 251 g/mol. The molecule has 17 heavy (non-hydrogen) atoms. The van der Waals surface area contributed by atoms with Gasteiger partial charge in [0.25, 0.3) is 0 Å². The van der Waals surface area contributed by atoms with E-state index in [0.717, 1.165) is 18.7 Å². The van der Waals surface area contributed by atoms with Gasteiger partial charge in [-0.2, -0.15) is 11.8 Å². The van der Waals surface area contributed by atoms with Crippen molar-refractivity contribution < 1.29 is 4.74 Å². The van der Waals surface area contributed by atoms with Crippen molar-refractivity contribution in [3.8, 4) is 5.75 Å². The van der Waals surface area contributed by atoms with Crippen LogP contribution >= 0.6 is 11.8 Å². The SMILES string of the molecule is COc1ccccc1CCNC1CCCSC1. The Balaban J connectivity index is 1.77.